The second-order valence-corrected chi connectivity index (χ2v) is 4.75. The van der Waals surface area contributed by atoms with Gasteiger partial charge in [0, 0.05) is 13.0 Å². The molecule has 0 radical (unpaired) electrons. The van der Waals surface area contributed by atoms with Gasteiger partial charge in [0.05, 0.1) is 0 Å². The van der Waals surface area contributed by atoms with Crippen molar-refractivity contribution in [1.82, 2.24) is 5.32 Å². The summed E-state index contributed by atoms with van der Waals surface area (Å²) in [5, 5.41) is 11.4. The van der Waals surface area contributed by atoms with Gasteiger partial charge in [-0.15, -0.1) is 0 Å². The molecule has 1 aliphatic rings. The zero-order chi connectivity index (χ0) is 13.4. The highest BCUT2D eigenvalue weighted by Gasteiger charge is 2.23. The lowest BCUT2D eigenvalue weighted by molar-refractivity contribution is -0.138. The average molecular weight is 255 g/mol. The van der Waals surface area contributed by atoms with Gasteiger partial charge in [0.2, 0.25) is 0 Å². The molecule has 2 N–H and O–H groups in total. The molecular formula is C13H21NO4. The molecule has 1 amide bonds. The van der Waals surface area contributed by atoms with Crippen molar-refractivity contribution < 1.29 is 19.4 Å². The number of carbonyl (C=O) groups excluding carboxylic acids is 1. The number of hydrogen-bond donors (Lipinski definition) is 2. The van der Waals surface area contributed by atoms with E-state index >= 15 is 0 Å². The molecule has 1 rings (SSSR count). The van der Waals surface area contributed by atoms with Gasteiger partial charge in [0.25, 0.3) is 0 Å². The molecule has 0 saturated heterocycles. The molecule has 1 saturated carbocycles. The van der Waals surface area contributed by atoms with Crippen LogP contribution in [0.4, 0.5) is 4.79 Å². The van der Waals surface area contributed by atoms with Crippen LogP contribution in [-0.2, 0) is 9.53 Å². The minimum atomic E-state index is -0.718. The number of hydrogen-bond acceptors (Lipinski definition) is 3. The Hall–Kier alpha value is -1.52. The van der Waals surface area contributed by atoms with Crippen LogP contribution in [0.2, 0.25) is 0 Å². The first-order valence-electron chi connectivity index (χ1n) is 6.35. The summed E-state index contributed by atoms with van der Waals surface area (Å²) in [5.74, 6) is 0.0161. The summed E-state index contributed by atoms with van der Waals surface area (Å²) >= 11 is 0. The third-order valence-electron chi connectivity index (χ3n) is 3.30. The van der Waals surface area contributed by atoms with Crippen LogP contribution in [0.25, 0.3) is 0 Å². The summed E-state index contributed by atoms with van der Waals surface area (Å²) in [5.41, 5.74) is 0. The smallest absolute Gasteiger partial charge is 0.407 e. The maximum absolute atomic E-state index is 11.2. The highest BCUT2D eigenvalue weighted by Crippen LogP contribution is 2.30. The Kier molecular flexibility index (Phi) is 6.25. The lowest BCUT2D eigenvalue weighted by Gasteiger charge is -2.27. The fourth-order valence-electron chi connectivity index (χ4n) is 2.30. The third-order valence-corrected chi connectivity index (χ3v) is 3.30. The Morgan fingerprint density at radius 1 is 1.28 bits per heavy atom. The first-order chi connectivity index (χ1) is 8.61. The standard InChI is InChI=1S/C13H21NO4/c1-2-7-18-13(17)14-9-11-5-3-10(4-6-11)8-12(15)16/h2,10-11H,1,3-9H2,(H,14,17)(H,15,16). The molecule has 102 valence electrons. The van der Waals surface area contributed by atoms with Crippen LogP contribution in [0.3, 0.4) is 0 Å². The van der Waals surface area contributed by atoms with Crippen molar-refractivity contribution in [1.29, 1.82) is 0 Å². The van der Waals surface area contributed by atoms with Gasteiger partial charge in [-0.25, -0.2) is 4.79 Å². The number of carboxylic acid groups (broad SMARTS) is 1. The van der Waals surface area contributed by atoms with Crippen LogP contribution in [0, 0.1) is 11.8 Å². The molecule has 0 bridgehead atoms. The van der Waals surface area contributed by atoms with E-state index in [0.717, 1.165) is 25.7 Å². The lowest BCUT2D eigenvalue weighted by Crippen LogP contribution is -2.32. The van der Waals surface area contributed by atoms with Crippen LogP contribution < -0.4 is 5.32 Å². The number of nitrogens with one attached hydrogen (secondary N) is 1. The van der Waals surface area contributed by atoms with E-state index in [0.29, 0.717) is 18.4 Å². The largest absolute Gasteiger partial charge is 0.481 e. The number of amides is 1. The number of carbonyl (C=O) groups is 2. The Labute approximate surface area is 107 Å². The minimum Gasteiger partial charge on any atom is -0.481 e. The van der Waals surface area contributed by atoms with E-state index in [1.807, 2.05) is 0 Å². The Morgan fingerprint density at radius 3 is 2.44 bits per heavy atom. The summed E-state index contributed by atoms with van der Waals surface area (Å²) in [6, 6.07) is 0. The Bertz CT molecular complexity index is 295. The highest BCUT2D eigenvalue weighted by molar-refractivity contribution is 5.67. The van der Waals surface area contributed by atoms with Crippen molar-refractivity contribution in [2.75, 3.05) is 13.2 Å². The van der Waals surface area contributed by atoms with Gasteiger partial charge in [-0.2, -0.15) is 0 Å². The van der Waals surface area contributed by atoms with Gasteiger partial charge >= 0.3 is 12.1 Å². The molecule has 18 heavy (non-hydrogen) atoms. The van der Waals surface area contributed by atoms with Crippen molar-refractivity contribution >= 4 is 12.1 Å². The molecule has 0 heterocycles. The van der Waals surface area contributed by atoms with Crippen molar-refractivity contribution in [2.45, 2.75) is 32.1 Å². The van der Waals surface area contributed by atoms with E-state index in [2.05, 4.69) is 11.9 Å². The summed E-state index contributed by atoms with van der Waals surface area (Å²) in [4.78, 5) is 21.8. The first kappa shape index (κ1) is 14.5. The Morgan fingerprint density at radius 2 is 1.89 bits per heavy atom. The van der Waals surface area contributed by atoms with Gasteiger partial charge < -0.3 is 15.2 Å². The number of alkyl carbamates (subject to hydrolysis) is 1. The molecule has 0 unspecified atom stereocenters. The summed E-state index contributed by atoms with van der Waals surface area (Å²) < 4.78 is 4.81. The molecular weight excluding hydrogens is 234 g/mol. The van der Waals surface area contributed by atoms with Gasteiger partial charge in [-0.05, 0) is 37.5 Å². The van der Waals surface area contributed by atoms with Gasteiger partial charge in [-0.1, -0.05) is 12.7 Å². The molecule has 0 spiro atoms. The van der Waals surface area contributed by atoms with E-state index in [1.165, 1.54) is 6.08 Å². The minimum absolute atomic E-state index is 0.219. The molecule has 0 aromatic carbocycles. The van der Waals surface area contributed by atoms with Crippen molar-refractivity contribution in [3.63, 3.8) is 0 Å². The van der Waals surface area contributed by atoms with Crippen LogP contribution in [0.1, 0.15) is 32.1 Å². The van der Waals surface area contributed by atoms with Gasteiger partial charge in [-0.3, -0.25) is 4.79 Å². The van der Waals surface area contributed by atoms with E-state index in [-0.39, 0.29) is 13.0 Å². The fraction of sp³-hybridized carbons (Fsp3) is 0.692. The molecule has 0 atom stereocenters. The summed E-state index contributed by atoms with van der Waals surface area (Å²) in [7, 11) is 0. The highest BCUT2D eigenvalue weighted by atomic mass is 16.5. The quantitative estimate of drug-likeness (QED) is 0.713. The zero-order valence-electron chi connectivity index (χ0n) is 10.6. The van der Waals surface area contributed by atoms with Gasteiger partial charge in [0.15, 0.2) is 0 Å². The van der Waals surface area contributed by atoms with Crippen molar-refractivity contribution in [3.05, 3.63) is 12.7 Å². The normalized spacial score (nSPS) is 23.1. The summed E-state index contributed by atoms with van der Waals surface area (Å²) in [6.45, 7) is 4.29. The molecule has 0 aromatic rings. The number of aliphatic carboxylic acids is 1. The Balaban J connectivity index is 2.13. The number of rotatable bonds is 6. The molecule has 0 aromatic heterocycles. The van der Waals surface area contributed by atoms with E-state index in [9.17, 15) is 9.59 Å². The van der Waals surface area contributed by atoms with E-state index < -0.39 is 12.1 Å². The maximum atomic E-state index is 11.2. The molecule has 1 fully saturated rings. The predicted octanol–water partition coefficient (Wildman–Crippen LogP) is 2.18. The van der Waals surface area contributed by atoms with E-state index in [1.54, 1.807) is 0 Å². The summed E-state index contributed by atoms with van der Waals surface area (Å²) in [6.07, 6.45) is 5.18. The monoisotopic (exact) mass is 255 g/mol. The average Bonchev–Trinajstić information content (AvgIpc) is 2.35. The van der Waals surface area contributed by atoms with Crippen LogP contribution >= 0.6 is 0 Å². The zero-order valence-corrected chi connectivity index (χ0v) is 10.6. The fourth-order valence-corrected chi connectivity index (χ4v) is 2.30. The second kappa shape index (κ2) is 7.74. The van der Waals surface area contributed by atoms with E-state index in [4.69, 9.17) is 9.84 Å². The van der Waals surface area contributed by atoms with Crippen molar-refractivity contribution in [2.24, 2.45) is 11.8 Å². The van der Waals surface area contributed by atoms with Crippen LogP contribution in [-0.4, -0.2) is 30.3 Å². The third kappa shape index (κ3) is 5.70. The van der Waals surface area contributed by atoms with Crippen LogP contribution in [0.5, 0.6) is 0 Å². The van der Waals surface area contributed by atoms with Crippen molar-refractivity contribution in [3.8, 4) is 0 Å². The van der Waals surface area contributed by atoms with Crippen LogP contribution in [0.15, 0.2) is 12.7 Å². The SMILES string of the molecule is C=CCOC(=O)NCC1CCC(CC(=O)O)CC1. The second-order valence-electron chi connectivity index (χ2n) is 4.75. The molecule has 5 heteroatoms. The maximum Gasteiger partial charge on any atom is 0.407 e. The molecule has 0 aliphatic heterocycles. The van der Waals surface area contributed by atoms with Gasteiger partial charge in [0.1, 0.15) is 6.61 Å². The molecule has 1 aliphatic carbocycles. The topological polar surface area (TPSA) is 75.6 Å². The number of carboxylic acids is 1. The number of ether oxygens (including phenoxy) is 1. The first-order valence-corrected chi connectivity index (χ1v) is 6.35. The predicted molar refractivity (Wildman–Crippen MR) is 67.2 cm³/mol. The molecule has 5 nitrogen and oxygen atoms in total. The lowest BCUT2D eigenvalue weighted by atomic mass is 9.80.